The summed E-state index contributed by atoms with van der Waals surface area (Å²) in [5.41, 5.74) is 3.42. The summed E-state index contributed by atoms with van der Waals surface area (Å²) in [5.74, 6) is 2.22. The summed E-state index contributed by atoms with van der Waals surface area (Å²) in [4.78, 5) is 20.0. The fourth-order valence-corrected chi connectivity index (χ4v) is 6.14. The van der Waals surface area contributed by atoms with Crippen molar-refractivity contribution < 1.29 is 6.11 Å². The molecule has 0 radical (unpaired) electrons. The number of aromatic nitrogens is 3. The predicted octanol–water partition coefficient (Wildman–Crippen LogP) is 3.22. The third-order valence-electron chi connectivity index (χ3n) is 7.69. The molecular weight excluding hydrogens is 388 g/mol. The van der Waals surface area contributed by atoms with Crippen LogP contribution in [0.5, 0.6) is 5.75 Å². The minimum Gasteiger partial charge on any atom is -0.497 e. The van der Waals surface area contributed by atoms with E-state index in [-0.39, 0.29) is 17.5 Å². The van der Waals surface area contributed by atoms with Crippen molar-refractivity contribution in [1.29, 1.82) is 0 Å². The molecule has 2 atom stereocenters. The van der Waals surface area contributed by atoms with Crippen LogP contribution in [-0.2, 0) is 13.0 Å². The number of hydrogen-bond acceptors (Lipinski definition) is 5. The van der Waals surface area contributed by atoms with Crippen LogP contribution in [0.3, 0.4) is 0 Å². The van der Waals surface area contributed by atoms with Crippen molar-refractivity contribution in [1.82, 2.24) is 19.7 Å². The van der Waals surface area contributed by atoms with E-state index in [1.54, 1.807) is 7.11 Å². The van der Waals surface area contributed by atoms with E-state index in [1.807, 2.05) is 28.9 Å². The predicted molar refractivity (Wildman–Crippen MR) is 120 cm³/mol. The average Bonchev–Trinajstić information content (AvgIpc) is 3.14. The quantitative estimate of drug-likeness (QED) is 0.652. The Morgan fingerprint density at radius 2 is 2.00 bits per heavy atom. The summed E-state index contributed by atoms with van der Waals surface area (Å²) in [6.45, 7) is 4.01. The van der Waals surface area contributed by atoms with Crippen LogP contribution in [-0.4, -0.2) is 46.4 Å². The summed E-state index contributed by atoms with van der Waals surface area (Å²) in [6.07, 6.45) is 5.69. The lowest BCUT2D eigenvalue weighted by Crippen LogP contribution is -2.50. The van der Waals surface area contributed by atoms with Crippen molar-refractivity contribution in [3.63, 3.8) is 0 Å². The molecule has 3 aromatic rings. The molecule has 1 aromatic carbocycles. The van der Waals surface area contributed by atoms with Crippen LogP contribution in [0, 0.1) is 11.8 Å². The van der Waals surface area contributed by atoms with Gasteiger partial charge in [-0.05, 0) is 80.3 Å². The topological polar surface area (TPSA) is 60.3 Å². The molecule has 3 fully saturated rings. The molecular formula is C25H28N4O2. The van der Waals surface area contributed by atoms with Crippen LogP contribution in [0.1, 0.15) is 43.4 Å². The minimum atomic E-state index is -0.167. The van der Waals surface area contributed by atoms with Gasteiger partial charge in [0.1, 0.15) is 5.75 Å². The number of methoxy groups -OCH3 is 1. The van der Waals surface area contributed by atoms with Gasteiger partial charge in [0.2, 0.25) is 0 Å². The Morgan fingerprint density at radius 3 is 2.71 bits per heavy atom. The van der Waals surface area contributed by atoms with Crippen molar-refractivity contribution in [2.45, 2.75) is 38.1 Å². The number of piperidine rings is 3. The van der Waals surface area contributed by atoms with E-state index in [1.165, 1.54) is 32.1 Å². The van der Waals surface area contributed by atoms with E-state index in [9.17, 15) is 4.79 Å². The second-order valence-electron chi connectivity index (χ2n) is 9.24. The first-order valence-electron chi connectivity index (χ1n) is 11.9. The van der Waals surface area contributed by atoms with Crippen molar-refractivity contribution >= 4 is 10.9 Å². The van der Waals surface area contributed by atoms with Gasteiger partial charge >= 0.3 is 0 Å². The Bertz CT molecular complexity index is 1230. The highest BCUT2D eigenvalue weighted by atomic mass is 16.5. The molecule has 6 nitrogen and oxygen atoms in total. The lowest BCUT2D eigenvalue weighted by Gasteiger charge is -2.48. The molecule has 5 heterocycles. The highest BCUT2D eigenvalue weighted by molar-refractivity contribution is 5.86. The monoisotopic (exact) mass is 417 g/mol. The fraction of sp³-hybridized carbons (Fsp3) is 0.480. The zero-order chi connectivity index (χ0) is 21.8. The smallest absolute Gasteiger partial charge is 0.273 e. The second-order valence-corrected chi connectivity index (χ2v) is 9.24. The molecule has 4 aliphatic rings. The van der Waals surface area contributed by atoms with Crippen LogP contribution >= 0.6 is 0 Å². The van der Waals surface area contributed by atoms with Gasteiger partial charge in [0.15, 0.2) is 0 Å². The van der Waals surface area contributed by atoms with Crippen molar-refractivity contribution in [3.05, 3.63) is 63.7 Å². The van der Waals surface area contributed by atoms with E-state index in [0.29, 0.717) is 18.4 Å². The van der Waals surface area contributed by atoms with Gasteiger partial charge in [0.25, 0.3) is 5.56 Å². The van der Waals surface area contributed by atoms with Crippen molar-refractivity contribution in [3.8, 4) is 5.75 Å². The van der Waals surface area contributed by atoms with Gasteiger partial charge in [-0.3, -0.25) is 9.48 Å². The maximum absolute atomic E-state index is 13.2. The molecule has 3 aliphatic heterocycles. The zero-order valence-corrected chi connectivity index (χ0v) is 17.9. The Morgan fingerprint density at radius 1 is 1.19 bits per heavy atom. The number of nitrogens with zero attached hydrogens (tertiary/aromatic N) is 4. The summed E-state index contributed by atoms with van der Waals surface area (Å²) in [7, 11) is 1.66. The summed E-state index contributed by atoms with van der Waals surface area (Å²) >= 11 is 0. The van der Waals surface area contributed by atoms with Crippen LogP contribution in [0.25, 0.3) is 10.9 Å². The van der Waals surface area contributed by atoms with E-state index in [0.717, 1.165) is 52.9 Å². The molecule has 0 spiro atoms. The lowest BCUT2D eigenvalue weighted by atomic mass is 9.67. The van der Waals surface area contributed by atoms with Crippen molar-refractivity contribution in [2.24, 2.45) is 11.8 Å². The normalized spacial score (nSPS) is 27.3. The molecule has 0 saturated carbocycles. The molecule has 2 bridgehead atoms. The first-order valence-corrected chi connectivity index (χ1v) is 11.4. The third-order valence-corrected chi connectivity index (χ3v) is 7.69. The molecule has 0 amide bonds. The Labute approximate surface area is 183 Å². The molecule has 6 heteroatoms. The number of benzene rings is 1. The van der Waals surface area contributed by atoms with Gasteiger partial charge in [-0.2, -0.15) is 5.10 Å². The Balaban J connectivity index is 1.48. The molecule has 31 heavy (non-hydrogen) atoms. The summed E-state index contributed by atoms with van der Waals surface area (Å²) < 4.78 is 15.8. The summed E-state index contributed by atoms with van der Waals surface area (Å²) in [5, 5.41) is 5.80. The second kappa shape index (κ2) is 7.45. The van der Waals surface area contributed by atoms with Crippen LogP contribution in [0.15, 0.2) is 41.3 Å². The van der Waals surface area contributed by atoms with Gasteiger partial charge in [-0.1, -0.05) is 12.1 Å². The first-order chi connectivity index (χ1) is 15.6. The number of hydrogen-bond donors (Lipinski definition) is 0. The largest absolute Gasteiger partial charge is 0.497 e. The number of ether oxygens (including phenoxy) is 1. The van der Waals surface area contributed by atoms with E-state index in [2.05, 4.69) is 9.88 Å². The average molecular weight is 418 g/mol. The Hall–Kier alpha value is -2.73. The SMILES string of the molecule is [2H]c1cnc(=O)c2c3c(nn(Cc4ccc(OC)cc4)c13)CC[C@H]2C1CN2CCC1CC2. The molecule has 7 rings (SSSR count). The van der Waals surface area contributed by atoms with Gasteiger partial charge in [-0.15, -0.1) is 0 Å². The van der Waals surface area contributed by atoms with E-state index >= 15 is 0 Å². The first kappa shape index (κ1) is 17.9. The van der Waals surface area contributed by atoms with Gasteiger partial charge < -0.3 is 9.64 Å². The molecule has 3 saturated heterocycles. The van der Waals surface area contributed by atoms with Crippen LogP contribution in [0.2, 0.25) is 0 Å². The van der Waals surface area contributed by atoms with Crippen molar-refractivity contribution in [2.75, 3.05) is 26.7 Å². The number of fused-ring (bicyclic) bond motifs is 3. The van der Waals surface area contributed by atoms with Gasteiger partial charge in [-0.25, -0.2) is 4.98 Å². The summed E-state index contributed by atoms with van der Waals surface area (Å²) in [6, 6.07) is 8.19. The highest BCUT2D eigenvalue weighted by Gasteiger charge is 2.42. The van der Waals surface area contributed by atoms with E-state index in [4.69, 9.17) is 11.2 Å². The molecule has 2 aromatic heterocycles. The molecule has 1 unspecified atom stereocenters. The molecule has 160 valence electrons. The van der Waals surface area contributed by atoms with Crippen LogP contribution in [0.4, 0.5) is 0 Å². The standard InChI is InChI=1S/C25H28N4O2/c1-31-18-4-2-16(3-5-18)14-29-22-8-11-26-25(30)23-19(6-7-21(27-29)24(22)23)20-15-28-12-9-17(20)10-13-28/h2-5,8,11,17,19-20H,6-7,9-10,12-15H2,1H3/t19-,20?/m0/s1/i8D. The fourth-order valence-electron chi connectivity index (χ4n) is 6.14. The lowest BCUT2D eigenvalue weighted by molar-refractivity contribution is 0.0345. The molecule has 1 aliphatic carbocycles. The maximum atomic E-state index is 13.2. The minimum absolute atomic E-state index is 0.167. The van der Waals surface area contributed by atoms with Gasteiger partial charge in [0.05, 0.1) is 26.2 Å². The number of aryl methyl sites for hydroxylation is 1. The third kappa shape index (κ3) is 3.16. The molecule has 0 N–H and O–H groups in total. The van der Waals surface area contributed by atoms with E-state index < -0.39 is 0 Å². The van der Waals surface area contributed by atoms with Crippen LogP contribution < -0.4 is 10.3 Å². The Kier molecular flexibility index (Phi) is 4.30. The maximum Gasteiger partial charge on any atom is 0.273 e. The van der Waals surface area contributed by atoms with Gasteiger partial charge in [0, 0.05) is 23.7 Å². The number of rotatable bonds is 4. The zero-order valence-electron chi connectivity index (χ0n) is 18.9. The highest BCUT2D eigenvalue weighted by Crippen LogP contribution is 2.46.